The van der Waals surface area contributed by atoms with Crippen LogP contribution < -0.4 is 0 Å². The first-order chi connectivity index (χ1) is 9.38. The van der Waals surface area contributed by atoms with Gasteiger partial charge in [-0.3, -0.25) is 9.79 Å². The number of aliphatic imine (C=N–C) groups is 1. The van der Waals surface area contributed by atoms with E-state index in [9.17, 15) is 4.79 Å². The first-order valence-electron chi connectivity index (χ1n) is 6.03. The molecule has 92 valence electrons. The lowest BCUT2D eigenvalue weighted by atomic mass is 9.99. The lowest BCUT2D eigenvalue weighted by Crippen LogP contribution is -1.92. The van der Waals surface area contributed by atoms with E-state index in [2.05, 4.69) is 9.98 Å². The summed E-state index contributed by atoms with van der Waals surface area (Å²) in [5.74, 6) is 0. The summed E-state index contributed by atoms with van der Waals surface area (Å²) in [6, 6.07) is 11.5. The van der Waals surface area contributed by atoms with E-state index in [1.165, 1.54) is 0 Å². The molecule has 2 aromatic rings. The number of hydrogen-bond acceptors (Lipinski definition) is 2. The van der Waals surface area contributed by atoms with Gasteiger partial charge in [0.2, 0.25) is 0 Å². The van der Waals surface area contributed by atoms with Crippen LogP contribution in [0.25, 0.3) is 5.57 Å². The SMILES string of the molecule is O=Cc1ccc(/C(=C2/C=CC=N2)c2ccc[nH]2)cc1. The highest BCUT2D eigenvalue weighted by atomic mass is 16.1. The van der Waals surface area contributed by atoms with Crippen molar-refractivity contribution in [2.45, 2.75) is 0 Å². The van der Waals surface area contributed by atoms with Crippen molar-refractivity contribution in [2.75, 3.05) is 0 Å². The minimum atomic E-state index is 0.671. The number of H-pyrrole nitrogens is 1. The maximum Gasteiger partial charge on any atom is 0.150 e. The Bertz CT molecular complexity index is 660. The standard InChI is InChI=1S/C16H12N2O/c19-11-12-5-7-13(8-6-12)16(14-3-1-9-17-14)15-4-2-10-18-15/h1-11,17H/b16-15+. The average molecular weight is 248 g/mol. The van der Waals surface area contributed by atoms with E-state index >= 15 is 0 Å². The molecule has 0 atom stereocenters. The monoisotopic (exact) mass is 248 g/mol. The van der Waals surface area contributed by atoms with Crippen molar-refractivity contribution in [3.05, 3.63) is 77.3 Å². The van der Waals surface area contributed by atoms with Gasteiger partial charge >= 0.3 is 0 Å². The summed E-state index contributed by atoms with van der Waals surface area (Å²) in [4.78, 5) is 18.3. The molecule has 0 fully saturated rings. The molecule has 3 rings (SSSR count). The van der Waals surface area contributed by atoms with Crippen molar-refractivity contribution in [3.8, 4) is 0 Å². The van der Waals surface area contributed by atoms with Gasteiger partial charge in [-0.15, -0.1) is 0 Å². The molecule has 0 spiro atoms. The zero-order valence-corrected chi connectivity index (χ0v) is 10.2. The van der Waals surface area contributed by atoms with Gasteiger partial charge in [0, 0.05) is 29.2 Å². The van der Waals surface area contributed by atoms with Gasteiger partial charge < -0.3 is 4.98 Å². The van der Waals surface area contributed by atoms with Gasteiger partial charge in [0.1, 0.15) is 6.29 Å². The van der Waals surface area contributed by atoms with Crippen LogP contribution in [-0.4, -0.2) is 17.5 Å². The first kappa shape index (κ1) is 11.4. The lowest BCUT2D eigenvalue weighted by molar-refractivity contribution is 0.112. The molecule has 1 aliphatic heterocycles. The Morgan fingerprint density at radius 3 is 2.58 bits per heavy atom. The molecule has 0 saturated carbocycles. The zero-order chi connectivity index (χ0) is 13.1. The van der Waals surface area contributed by atoms with E-state index in [0.717, 1.165) is 28.8 Å². The molecule has 1 aromatic heterocycles. The van der Waals surface area contributed by atoms with Crippen molar-refractivity contribution >= 4 is 18.1 Å². The Morgan fingerprint density at radius 1 is 1.16 bits per heavy atom. The quantitative estimate of drug-likeness (QED) is 0.833. The van der Waals surface area contributed by atoms with E-state index in [4.69, 9.17) is 0 Å². The summed E-state index contributed by atoms with van der Waals surface area (Å²) < 4.78 is 0. The van der Waals surface area contributed by atoms with Gasteiger partial charge in [-0.05, 0) is 29.8 Å². The number of aldehydes is 1. The third-order valence-electron chi connectivity index (χ3n) is 3.01. The molecule has 0 aliphatic carbocycles. The minimum Gasteiger partial charge on any atom is -0.361 e. The molecule has 1 aromatic carbocycles. The molecule has 0 amide bonds. The van der Waals surface area contributed by atoms with Gasteiger partial charge in [-0.25, -0.2) is 0 Å². The van der Waals surface area contributed by atoms with Gasteiger partial charge in [0.15, 0.2) is 0 Å². The Morgan fingerprint density at radius 2 is 2.00 bits per heavy atom. The Balaban J connectivity index is 2.14. The van der Waals surface area contributed by atoms with Gasteiger partial charge in [0.05, 0.1) is 5.70 Å². The summed E-state index contributed by atoms with van der Waals surface area (Å²) in [5.41, 5.74) is 4.67. The molecule has 3 nitrogen and oxygen atoms in total. The molecule has 0 radical (unpaired) electrons. The third-order valence-corrected chi connectivity index (χ3v) is 3.01. The van der Waals surface area contributed by atoms with E-state index in [-0.39, 0.29) is 0 Å². The van der Waals surface area contributed by atoms with Crippen molar-refractivity contribution < 1.29 is 4.79 Å². The Hall–Kier alpha value is -2.68. The van der Waals surface area contributed by atoms with Crippen LogP contribution >= 0.6 is 0 Å². The third kappa shape index (κ3) is 2.18. The van der Waals surface area contributed by atoms with Gasteiger partial charge in [-0.1, -0.05) is 24.3 Å². The van der Waals surface area contributed by atoms with Crippen LogP contribution in [0, 0.1) is 0 Å². The van der Waals surface area contributed by atoms with Crippen LogP contribution in [-0.2, 0) is 0 Å². The van der Waals surface area contributed by atoms with Crippen LogP contribution in [0.4, 0.5) is 0 Å². The summed E-state index contributed by atoms with van der Waals surface area (Å²) in [7, 11) is 0. The fraction of sp³-hybridized carbons (Fsp3) is 0. The molecule has 2 heterocycles. The maximum atomic E-state index is 10.7. The average Bonchev–Trinajstić information content (AvgIpc) is 3.13. The first-order valence-corrected chi connectivity index (χ1v) is 6.03. The van der Waals surface area contributed by atoms with E-state index in [1.54, 1.807) is 6.21 Å². The predicted octanol–water partition coefficient (Wildman–Crippen LogP) is 3.23. The number of nitrogens with one attached hydrogen (secondary N) is 1. The van der Waals surface area contributed by atoms with E-state index in [1.807, 2.05) is 54.7 Å². The van der Waals surface area contributed by atoms with Crippen LogP contribution in [0.3, 0.4) is 0 Å². The molecule has 0 unspecified atom stereocenters. The number of allylic oxidation sites excluding steroid dienone is 2. The van der Waals surface area contributed by atoms with Crippen molar-refractivity contribution in [2.24, 2.45) is 4.99 Å². The smallest absolute Gasteiger partial charge is 0.150 e. The van der Waals surface area contributed by atoms with Crippen molar-refractivity contribution in [1.29, 1.82) is 0 Å². The minimum absolute atomic E-state index is 0.671. The van der Waals surface area contributed by atoms with Gasteiger partial charge in [-0.2, -0.15) is 0 Å². The lowest BCUT2D eigenvalue weighted by Gasteiger charge is -2.08. The van der Waals surface area contributed by atoms with Crippen LogP contribution in [0.15, 0.2) is 65.4 Å². The highest BCUT2D eigenvalue weighted by Crippen LogP contribution is 2.28. The highest BCUT2D eigenvalue weighted by Gasteiger charge is 2.12. The molecule has 0 bridgehead atoms. The second kappa shape index (κ2) is 4.90. The summed E-state index contributed by atoms with van der Waals surface area (Å²) in [5, 5.41) is 0. The zero-order valence-electron chi connectivity index (χ0n) is 10.2. The Labute approximate surface area is 111 Å². The molecule has 3 heteroatoms. The summed E-state index contributed by atoms with van der Waals surface area (Å²) in [6.07, 6.45) is 8.40. The fourth-order valence-electron chi connectivity index (χ4n) is 2.10. The number of rotatable bonds is 3. The van der Waals surface area contributed by atoms with Crippen molar-refractivity contribution in [3.63, 3.8) is 0 Å². The normalized spacial score (nSPS) is 15.8. The number of carbonyl (C=O) groups is 1. The summed E-state index contributed by atoms with van der Waals surface area (Å²) >= 11 is 0. The number of nitrogens with zero attached hydrogens (tertiary/aromatic N) is 1. The predicted molar refractivity (Wildman–Crippen MR) is 76.3 cm³/mol. The summed E-state index contributed by atoms with van der Waals surface area (Å²) in [6.45, 7) is 0. The number of aromatic nitrogens is 1. The van der Waals surface area contributed by atoms with Crippen LogP contribution in [0.5, 0.6) is 0 Å². The second-order valence-corrected chi connectivity index (χ2v) is 4.22. The van der Waals surface area contributed by atoms with Crippen LogP contribution in [0.1, 0.15) is 21.6 Å². The van der Waals surface area contributed by atoms with E-state index in [0.29, 0.717) is 5.56 Å². The highest BCUT2D eigenvalue weighted by molar-refractivity contribution is 5.88. The number of carbonyl (C=O) groups excluding carboxylic acids is 1. The van der Waals surface area contributed by atoms with Crippen LogP contribution in [0.2, 0.25) is 0 Å². The molecule has 19 heavy (non-hydrogen) atoms. The molecule has 1 aliphatic rings. The number of benzene rings is 1. The van der Waals surface area contributed by atoms with Crippen molar-refractivity contribution in [1.82, 2.24) is 4.98 Å². The second-order valence-electron chi connectivity index (χ2n) is 4.22. The molecule has 0 saturated heterocycles. The molecular formula is C16H12N2O. The largest absolute Gasteiger partial charge is 0.361 e. The maximum absolute atomic E-state index is 10.7. The number of hydrogen-bond donors (Lipinski definition) is 1. The number of aromatic amines is 1. The molecular weight excluding hydrogens is 236 g/mol. The Kier molecular flexibility index (Phi) is 2.94. The van der Waals surface area contributed by atoms with E-state index < -0.39 is 0 Å². The van der Waals surface area contributed by atoms with Gasteiger partial charge in [0.25, 0.3) is 0 Å². The fourth-order valence-corrected chi connectivity index (χ4v) is 2.10. The molecule has 1 N–H and O–H groups in total. The topological polar surface area (TPSA) is 45.2 Å².